The molecule has 0 saturated heterocycles. The minimum Gasteiger partial charge on any atom is -0.490 e. The first-order valence-electron chi connectivity index (χ1n) is 4.00. The van der Waals surface area contributed by atoms with E-state index in [-0.39, 0.29) is 5.76 Å². The molecule has 0 aromatic heterocycles. The van der Waals surface area contributed by atoms with Gasteiger partial charge in [-0.2, -0.15) is 0 Å². The van der Waals surface area contributed by atoms with Gasteiger partial charge in [0, 0.05) is 6.42 Å². The molecule has 0 rings (SSSR count). The summed E-state index contributed by atoms with van der Waals surface area (Å²) in [7, 11) is 1.23. The summed E-state index contributed by atoms with van der Waals surface area (Å²) in [5.41, 5.74) is 0. The Morgan fingerprint density at radius 1 is 1.25 bits per heavy atom. The Balaban J connectivity index is -0.000000235. The maximum Gasteiger partial charge on any atom is 0.370 e. The quantitative estimate of drug-likeness (QED) is 0.561. The van der Waals surface area contributed by atoms with Gasteiger partial charge < -0.3 is 9.84 Å². The summed E-state index contributed by atoms with van der Waals surface area (Å²) in [6.07, 6.45) is 2.31. The zero-order chi connectivity index (χ0) is 13.4. The zero-order valence-electron chi connectivity index (χ0n) is 8.92. The maximum absolute atomic E-state index is 10.1. The van der Waals surface area contributed by atoms with Gasteiger partial charge in [0.15, 0.2) is 5.76 Å². The molecule has 6 nitrogen and oxygen atoms in total. The van der Waals surface area contributed by atoms with Crippen molar-refractivity contribution >= 4 is 5.97 Å². The standard InChI is InChI=1S/C6H8O4.2C2H3O/c1-10-5(6(8)9)3-2-4-7;2*1-2-3/h2-3H,4H2,1H3,(H,8,9);2*1H,2H2. The van der Waals surface area contributed by atoms with Crippen LogP contribution in [0.4, 0.5) is 0 Å². The van der Waals surface area contributed by atoms with Crippen molar-refractivity contribution in [2.75, 3.05) is 26.9 Å². The molecule has 0 aromatic rings. The molecule has 90 valence electrons. The van der Waals surface area contributed by atoms with Gasteiger partial charge in [0.1, 0.15) is 0 Å². The summed E-state index contributed by atoms with van der Waals surface area (Å²) in [6, 6.07) is 0. The molecule has 0 aliphatic rings. The van der Waals surface area contributed by atoms with E-state index in [1.807, 2.05) is 0 Å². The average Bonchev–Trinajstić information content (AvgIpc) is 2.21. The van der Waals surface area contributed by atoms with Gasteiger partial charge in [0.05, 0.1) is 26.9 Å². The van der Waals surface area contributed by atoms with E-state index >= 15 is 0 Å². The Morgan fingerprint density at radius 2 is 1.62 bits per heavy atom. The maximum atomic E-state index is 10.1. The lowest BCUT2D eigenvalue weighted by Gasteiger charge is -1.97. The van der Waals surface area contributed by atoms with Crippen molar-refractivity contribution < 1.29 is 30.0 Å². The highest BCUT2D eigenvalue weighted by Gasteiger charge is 2.04. The van der Waals surface area contributed by atoms with E-state index in [0.29, 0.717) is 0 Å². The molecule has 8 radical (unpaired) electrons. The minimum absolute atomic E-state index is 0.226. The number of hydrogen-bond acceptors (Lipinski definition) is 2. The highest BCUT2D eigenvalue weighted by atomic mass is 16.5. The summed E-state index contributed by atoms with van der Waals surface area (Å²) < 4.78 is 4.41. The van der Waals surface area contributed by atoms with Crippen LogP contribution in [0.2, 0.25) is 0 Å². The summed E-state index contributed by atoms with van der Waals surface area (Å²) in [5.74, 6) is -1.40. The van der Waals surface area contributed by atoms with Crippen LogP contribution in [0.25, 0.3) is 0 Å². The second-order valence-electron chi connectivity index (χ2n) is 1.78. The number of methoxy groups -OCH3 is 1. The fraction of sp³-hybridized carbons (Fsp3) is 0.400. The molecule has 0 fully saturated rings. The van der Waals surface area contributed by atoms with Crippen molar-refractivity contribution in [2.45, 2.75) is 0 Å². The number of ether oxygens (including phenoxy) is 1. The van der Waals surface area contributed by atoms with Crippen LogP contribution in [-0.2, 0) is 24.9 Å². The SMILES string of the molecule is COC(=C[CH]C[O])C(=O)O.[CH]C[O].[CH]C[O]. The van der Waals surface area contributed by atoms with Crippen LogP contribution in [0.5, 0.6) is 0 Å². The van der Waals surface area contributed by atoms with Gasteiger partial charge in [-0.05, 0) is 19.9 Å². The molecular formula is C10H14O6. The Morgan fingerprint density at radius 3 is 1.81 bits per heavy atom. The van der Waals surface area contributed by atoms with Crippen LogP contribution in [0, 0.1) is 20.3 Å². The minimum atomic E-state index is -1.17. The van der Waals surface area contributed by atoms with Crippen molar-refractivity contribution in [3.63, 3.8) is 0 Å². The lowest BCUT2D eigenvalue weighted by atomic mass is 10.3. The number of carboxylic acid groups (broad SMARTS) is 1. The first-order chi connectivity index (χ1) is 7.55. The van der Waals surface area contributed by atoms with Crippen molar-refractivity contribution in [1.82, 2.24) is 0 Å². The third-order valence-corrected chi connectivity index (χ3v) is 0.796. The number of aliphatic carboxylic acids is 1. The van der Waals surface area contributed by atoms with E-state index in [1.165, 1.54) is 13.5 Å². The molecule has 0 aromatic carbocycles. The molecule has 0 saturated carbocycles. The lowest BCUT2D eigenvalue weighted by Crippen LogP contribution is -2.02. The first-order valence-corrected chi connectivity index (χ1v) is 4.00. The average molecular weight is 230 g/mol. The van der Waals surface area contributed by atoms with E-state index in [9.17, 15) is 9.90 Å². The molecule has 0 unspecified atom stereocenters. The molecule has 1 N–H and O–H groups in total. The van der Waals surface area contributed by atoms with Crippen LogP contribution >= 0.6 is 0 Å². The van der Waals surface area contributed by atoms with Crippen molar-refractivity contribution in [1.29, 1.82) is 0 Å². The highest BCUT2D eigenvalue weighted by Crippen LogP contribution is 1.95. The van der Waals surface area contributed by atoms with Crippen LogP contribution in [0.3, 0.4) is 0 Å². The predicted molar refractivity (Wildman–Crippen MR) is 52.3 cm³/mol. The molecule has 0 bridgehead atoms. The Hall–Kier alpha value is -1.11. The van der Waals surface area contributed by atoms with Gasteiger partial charge in [-0.15, -0.1) is 0 Å². The molecule has 0 atom stereocenters. The van der Waals surface area contributed by atoms with E-state index in [2.05, 4.69) is 18.6 Å². The summed E-state index contributed by atoms with van der Waals surface area (Å²) in [6.45, 7) is 7.14. The van der Waals surface area contributed by atoms with Crippen molar-refractivity contribution in [2.24, 2.45) is 0 Å². The third-order valence-electron chi connectivity index (χ3n) is 0.796. The monoisotopic (exact) mass is 230 g/mol. The number of carbonyl (C=O) groups is 1. The van der Waals surface area contributed by atoms with Gasteiger partial charge in [-0.3, -0.25) is 0 Å². The Kier molecular flexibility index (Phi) is 24.7. The summed E-state index contributed by atoms with van der Waals surface area (Å²) in [5, 5.41) is 35.5. The fourth-order valence-electron chi connectivity index (χ4n) is 0.382. The lowest BCUT2D eigenvalue weighted by molar-refractivity contribution is -0.136. The number of rotatable bonds is 4. The summed E-state index contributed by atoms with van der Waals surface area (Å²) >= 11 is 0. The van der Waals surface area contributed by atoms with Crippen LogP contribution in [-0.4, -0.2) is 38.0 Å². The van der Waals surface area contributed by atoms with Gasteiger partial charge in [0.2, 0.25) is 0 Å². The normalized spacial score (nSPS) is 9.25. The second kappa shape index (κ2) is 19.5. The van der Waals surface area contributed by atoms with Crippen molar-refractivity contribution in [3.8, 4) is 0 Å². The number of carboxylic acids is 1. The molecule has 0 aliphatic heterocycles. The van der Waals surface area contributed by atoms with Crippen LogP contribution < -0.4 is 0 Å². The van der Waals surface area contributed by atoms with Crippen LogP contribution in [0.15, 0.2) is 11.8 Å². The van der Waals surface area contributed by atoms with Gasteiger partial charge in [-0.25, -0.2) is 20.1 Å². The third kappa shape index (κ3) is 23.1. The Bertz CT molecular complexity index is 165. The van der Waals surface area contributed by atoms with Crippen molar-refractivity contribution in [3.05, 3.63) is 32.1 Å². The summed E-state index contributed by atoms with van der Waals surface area (Å²) in [4.78, 5) is 10.1. The van der Waals surface area contributed by atoms with E-state index in [0.717, 1.165) is 6.08 Å². The van der Waals surface area contributed by atoms with E-state index in [1.54, 1.807) is 0 Å². The van der Waals surface area contributed by atoms with Crippen LogP contribution in [0.1, 0.15) is 0 Å². The largest absolute Gasteiger partial charge is 0.490 e. The first kappa shape index (κ1) is 20.3. The molecule has 16 heavy (non-hydrogen) atoms. The predicted octanol–water partition coefficient (Wildman–Crippen LogP) is 0.492. The molecule has 0 aliphatic carbocycles. The molecule has 0 heterocycles. The van der Waals surface area contributed by atoms with Gasteiger partial charge >= 0.3 is 5.97 Å². The topological polar surface area (TPSA) is 106 Å². The molecular weight excluding hydrogens is 216 g/mol. The zero-order valence-corrected chi connectivity index (χ0v) is 8.92. The molecule has 0 amide bonds. The van der Waals surface area contributed by atoms with E-state index < -0.39 is 25.8 Å². The fourth-order valence-corrected chi connectivity index (χ4v) is 0.382. The smallest absolute Gasteiger partial charge is 0.370 e. The van der Waals surface area contributed by atoms with Gasteiger partial charge in [-0.1, -0.05) is 0 Å². The molecule has 6 heteroatoms. The Labute approximate surface area is 95.8 Å². The number of hydrogen-bond donors (Lipinski definition) is 1. The van der Waals surface area contributed by atoms with Gasteiger partial charge in [0.25, 0.3) is 0 Å². The highest BCUT2D eigenvalue weighted by molar-refractivity contribution is 5.84. The van der Waals surface area contributed by atoms with E-state index in [4.69, 9.17) is 15.3 Å². The second-order valence-corrected chi connectivity index (χ2v) is 1.78. The molecule has 0 spiro atoms.